The Kier molecular flexibility index (Phi) is 6.34. The molecule has 7 heteroatoms. The number of hydrogen-bond donors (Lipinski definition) is 1. The van der Waals surface area contributed by atoms with Crippen LogP contribution in [-0.2, 0) is 4.79 Å². The monoisotopic (exact) mass is 436 g/mol. The lowest BCUT2D eigenvalue weighted by Crippen LogP contribution is -2.48. The number of Topliss-reactive ketones (excluding diaryl/α,β-unsaturated/α-hetero) is 1. The molecule has 1 aliphatic heterocycles. The first kappa shape index (κ1) is 21.5. The van der Waals surface area contributed by atoms with E-state index in [1.807, 2.05) is 24.3 Å². The number of piperazine rings is 1. The van der Waals surface area contributed by atoms with Gasteiger partial charge in [0.2, 0.25) is 5.91 Å². The molecule has 3 aromatic rings. The first-order valence-electron chi connectivity index (χ1n) is 10.7. The number of nitrogens with one attached hydrogen (secondary N) is 1. The van der Waals surface area contributed by atoms with Crippen LogP contribution >= 0.6 is 11.5 Å². The molecule has 1 aromatic heterocycles. The van der Waals surface area contributed by atoms with Crippen molar-refractivity contribution in [1.29, 1.82) is 0 Å². The van der Waals surface area contributed by atoms with E-state index in [1.165, 1.54) is 28.5 Å². The molecule has 2 heterocycles. The van der Waals surface area contributed by atoms with E-state index in [2.05, 4.69) is 51.5 Å². The summed E-state index contributed by atoms with van der Waals surface area (Å²) in [6.45, 7) is 9.37. The molecule has 6 nitrogen and oxygen atoms in total. The number of hydrogen-bond acceptors (Lipinski definition) is 6. The van der Waals surface area contributed by atoms with E-state index in [0.717, 1.165) is 43.2 Å². The fourth-order valence-electron chi connectivity index (χ4n) is 4.04. The maximum atomic E-state index is 12.9. The molecular formula is C24H28N4O2S. The minimum Gasteiger partial charge on any atom is -0.353 e. The molecule has 31 heavy (non-hydrogen) atoms. The molecule has 0 radical (unpaired) electrons. The van der Waals surface area contributed by atoms with Crippen LogP contribution in [0.4, 0.5) is 11.5 Å². The van der Waals surface area contributed by atoms with Crippen LogP contribution in [0.25, 0.3) is 10.1 Å². The zero-order valence-electron chi connectivity index (χ0n) is 18.2. The number of carbonyl (C=O) groups is 2. The molecule has 1 saturated heterocycles. The molecule has 1 aliphatic rings. The number of ketones is 1. The van der Waals surface area contributed by atoms with Crippen LogP contribution in [0, 0.1) is 0 Å². The summed E-state index contributed by atoms with van der Waals surface area (Å²) in [5.74, 6) is 1.27. The third-order valence-electron chi connectivity index (χ3n) is 5.71. The Hall–Kier alpha value is -2.77. The second kappa shape index (κ2) is 9.16. The Bertz CT molecular complexity index is 1100. The van der Waals surface area contributed by atoms with Gasteiger partial charge in [0.05, 0.1) is 11.2 Å². The molecule has 1 N–H and O–H groups in total. The molecule has 0 saturated carbocycles. The third-order valence-corrected chi connectivity index (χ3v) is 6.52. The van der Waals surface area contributed by atoms with Gasteiger partial charge in [-0.05, 0) is 41.2 Å². The van der Waals surface area contributed by atoms with E-state index < -0.39 is 0 Å². The van der Waals surface area contributed by atoms with Gasteiger partial charge >= 0.3 is 0 Å². The number of anilines is 2. The molecule has 0 unspecified atom stereocenters. The van der Waals surface area contributed by atoms with Gasteiger partial charge < -0.3 is 10.2 Å². The van der Waals surface area contributed by atoms with E-state index in [4.69, 9.17) is 0 Å². The Morgan fingerprint density at radius 2 is 1.84 bits per heavy atom. The van der Waals surface area contributed by atoms with Crippen LogP contribution in [0.5, 0.6) is 0 Å². The zero-order chi connectivity index (χ0) is 22.0. The Labute approximate surface area is 187 Å². The van der Waals surface area contributed by atoms with Gasteiger partial charge in [-0.15, -0.1) is 0 Å². The van der Waals surface area contributed by atoms with E-state index >= 15 is 0 Å². The number of rotatable bonds is 6. The fraction of sp³-hybridized carbons (Fsp3) is 0.375. The SMILES string of the molecule is CC(=O)Nc1cc(C(=O)CN2CCN(c3nsc4ccccc34)CC2)ccc1C(C)C. The molecule has 2 aromatic carbocycles. The smallest absolute Gasteiger partial charge is 0.221 e. The molecule has 162 valence electrons. The summed E-state index contributed by atoms with van der Waals surface area (Å²) in [5, 5.41) is 4.07. The van der Waals surface area contributed by atoms with Gasteiger partial charge in [-0.2, -0.15) is 4.37 Å². The van der Waals surface area contributed by atoms with Crippen molar-refractivity contribution < 1.29 is 9.59 Å². The lowest BCUT2D eigenvalue weighted by molar-refractivity contribution is -0.114. The van der Waals surface area contributed by atoms with Crippen LogP contribution < -0.4 is 10.2 Å². The lowest BCUT2D eigenvalue weighted by atomic mass is 9.97. The predicted octanol–water partition coefficient (Wildman–Crippen LogP) is 4.38. The number of amides is 1. The van der Waals surface area contributed by atoms with E-state index in [-0.39, 0.29) is 17.6 Å². The van der Waals surface area contributed by atoms with Gasteiger partial charge in [0.15, 0.2) is 5.78 Å². The van der Waals surface area contributed by atoms with Crippen LogP contribution in [-0.4, -0.2) is 53.7 Å². The van der Waals surface area contributed by atoms with Crippen LogP contribution in [0.1, 0.15) is 42.6 Å². The lowest BCUT2D eigenvalue weighted by Gasteiger charge is -2.34. The predicted molar refractivity (Wildman–Crippen MR) is 127 cm³/mol. The second-order valence-electron chi connectivity index (χ2n) is 8.33. The average molecular weight is 437 g/mol. The molecule has 0 aliphatic carbocycles. The van der Waals surface area contributed by atoms with Crippen molar-refractivity contribution in [2.75, 3.05) is 42.9 Å². The van der Waals surface area contributed by atoms with Crippen molar-refractivity contribution in [1.82, 2.24) is 9.27 Å². The summed E-state index contributed by atoms with van der Waals surface area (Å²) >= 11 is 1.54. The summed E-state index contributed by atoms with van der Waals surface area (Å²) in [5.41, 5.74) is 2.41. The number of benzene rings is 2. The summed E-state index contributed by atoms with van der Waals surface area (Å²) in [7, 11) is 0. The number of carbonyl (C=O) groups excluding carboxylic acids is 2. The normalized spacial score (nSPS) is 14.9. The van der Waals surface area contributed by atoms with E-state index in [1.54, 1.807) is 0 Å². The zero-order valence-corrected chi connectivity index (χ0v) is 19.0. The second-order valence-corrected chi connectivity index (χ2v) is 9.13. The minimum absolute atomic E-state index is 0.0782. The largest absolute Gasteiger partial charge is 0.353 e. The first-order valence-corrected chi connectivity index (χ1v) is 11.5. The van der Waals surface area contributed by atoms with Crippen LogP contribution in [0.15, 0.2) is 42.5 Å². The average Bonchev–Trinajstić information content (AvgIpc) is 3.18. The first-order chi connectivity index (χ1) is 14.9. The number of fused-ring (bicyclic) bond motifs is 1. The summed E-state index contributed by atoms with van der Waals surface area (Å²) in [6, 6.07) is 14.0. The molecule has 0 spiro atoms. The van der Waals surface area contributed by atoms with Gasteiger partial charge in [0, 0.05) is 49.7 Å². The van der Waals surface area contributed by atoms with Crippen LogP contribution in [0.3, 0.4) is 0 Å². The van der Waals surface area contributed by atoms with Gasteiger partial charge in [0.25, 0.3) is 0 Å². The fourth-order valence-corrected chi connectivity index (χ4v) is 4.84. The summed E-state index contributed by atoms with van der Waals surface area (Å²) in [4.78, 5) is 29.0. The van der Waals surface area contributed by atoms with Gasteiger partial charge in [-0.1, -0.05) is 38.1 Å². The van der Waals surface area contributed by atoms with Crippen molar-refractivity contribution in [2.24, 2.45) is 0 Å². The highest BCUT2D eigenvalue weighted by Gasteiger charge is 2.23. The quantitative estimate of drug-likeness (QED) is 0.581. The highest BCUT2D eigenvalue weighted by atomic mass is 32.1. The molecule has 0 bridgehead atoms. The molecule has 4 rings (SSSR count). The molecular weight excluding hydrogens is 408 g/mol. The minimum atomic E-state index is -0.128. The van der Waals surface area contributed by atoms with E-state index in [0.29, 0.717) is 12.1 Å². The van der Waals surface area contributed by atoms with Gasteiger partial charge in [-0.3, -0.25) is 14.5 Å². The molecule has 1 fully saturated rings. The highest BCUT2D eigenvalue weighted by molar-refractivity contribution is 7.13. The Morgan fingerprint density at radius 3 is 2.55 bits per heavy atom. The van der Waals surface area contributed by atoms with E-state index in [9.17, 15) is 9.59 Å². The maximum absolute atomic E-state index is 12.9. The van der Waals surface area contributed by atoms with Crippen molar-refractivity contribution >= 4 is 44.8 Å². The molecule has 0 atom stereocenters. The summed E-state index contributed by atoms with van der Waals surface area (Å²) in [6.07, 6.45) is 0. The van der Waals surface area contributed by atoms with Crippen LogP contribution in [0.2, 0.25) is 0 Å². The number of nitrogens with zero attached hydrogens (tertiary/aromatic N) is 3. The Morgan fingerprint density at radius 1 is 1.10 bits per heavy atom. The third kappa shape index (κ3) is 4.78. The van der Waals surface area contributed by atoms with Crippen molar-refractivity contribution in [2.45, 2.75) is 26.7 Å². The topological polar surface area (TPSA) is 65.5 Å². The Balaban J connectivity index is 1.40. The van der Waals surface area contributed by atoms with Crippen molar-refractivity contribution in [3.63, 3.8) is 0 Å². The molecule has 1 amide bonds. The highest BCUT2D eigenvalue weighted by Crippen LogP contribution is 2.30. The maximum Gasteiger partial charge on any atom is 0.221 e. The summed E-state index contributed by atoms with van der Waals surface area (Å²) < 4.78 is 5.86. The van der Waals surface area contributed by atoms with Crippen molar-refractivity contribution in [3.8, 4) is 0 Å². The standard InChI is InChI=1S/C24H28N4O2S/c1-16(2)19-9-8-18(14-21(19)25-17(3)29)22(30)15-27-10-12-28(13-11-27)24-20-6-4-5-7-23(20)31-26-24/h4-9,14,16H,10-13,15H2,1-3H3,(H,25,29). The number of aromatic nitrogens is 1. The van der Waals surface area contributed by atoms with Crippen molar-refractivity contribution in [3.05, 3.63) is 53.6 Å². The van der Waals surface area contributed by atoms with Gasteiger partial charge in [0.1, 0.15) is 5.82 Å². The van der Waals surface area contributed by atoms with Gasteiger partial charge in [-0.25, -0.2) is 0 Å².